The second-order valence-electron chi connectivity index (χ2n) is 6.88. The second kappa shape index (κ2) is 8.57. The number of aromatic nitrogens is 1. The van der Waals surface area contributed by atoms with Crippen LogP contribution in [0.4, 0.5) is 11.4 Å². The first-order valence-corrected chi connectivity index (χ1v) is 10.3. The highest BCUT2D eigenvalue weighted by Gasteiger charge is 2.23. The van der Waals surface area contributed by atoms with Gasteiger partial charge in [-0.15, -0.1) is 0 Å². The number of carbonyl (C=O) groups is 2. The molecule has 0 aliphatic carbocycles. The van der Waals surface area contributed by atoms with E-state index >= 15 is 0 Å². The molecule has 29 heavy (non-hydrogen) atoms. The van der Waals surface area contributed by atoms with Gasteiger partial charge in [-0.25, -0.2) is 0 Å². The third-order valence-electron chi connectivity index (χ3n) is 4.93. The summed E-state index contributed by atoms with van der Waals surface area (Å²) in [5.74, 6) is 0.0213. The number of rotatable bonds is 5. The third kappa shape index (κ3) is 4.38. The van der Waals surface area contributed by atoms with Gasteiger partial charge in [-0.1, -0.05) is 22.0 Å². The van der Waals surface area contributed by atoms with Gasteiger partial charge in [-0.05, 0) is 67.1 Å². The van der Waals surface area contributed by atoms with E-state index in [1.807, 2.05) is 54.6 Å². The molecule has 2 heterocycles. The lowest BCUT2D eigenvalue weighted by Gasteiger charge is -2.23. The zero-order chi connectivity index (χ0) is 20.2. The zero-order valence-corrected chi connectivity index (χ0v) is 17.4. The maximum Gasteiger partial charge on any atom is 0.258 e. The first kappa shape index (κ1) is 19.3. The number of amides is 2. The molecular formula is C23H20BrN3O2. The fourth-order valence-electron chi connectivity index (χ4n) is 3.42. The topological polar surface area (TPSA) is 53.5 Å². The molecule has 1 aliphatic rings. The SMILES string of the molecule is O=C1CCCN1c1ccc(C(=O)N(Cc2ccccn2)c2ccc(Br)cc2)cc1. The number of benzene rings is 2. The Hall–Kier alpha value is -2.99. The van der Waals surface area contributed by atoms with Gasteiger partial charge in [0.25, 0.3) is 5.91 Å². The summed E-state index contributed by atoms with van der Waals surface area (Å²) in [7, 11) is 0. The minimum atomic E-state index is -0.114. The van der Waals surface area contributed by atoms with E-state index in [9.17, 15) is 9.59 Å². The van der Waals surface area contributed by atoms with Gasteiger partial charge in [0, 0.05) is 40.6 Å². The fraction of sp³-hybridized carbons (Fsp3) is 0.174. The fourth-order valence-corrected chi connectivity index (χ4v) is 3.68. The Morgan fingerprint density at radius 2 is 1.79 bits per heavy atom. The molecule has 2 aromatic carbocycles. The lowest BCUT2D eigenvalue weighted by Crippen LogP contribution is -2.31. The van der Waals surface area contributed by atoms with Gasteiger partial charge in [0.15, 0.2) is 0 Å². The highest BCUT2D eigenvalue weighted by atomic mass is 79.9. The van der Waals surface area contributed by atoms with Crippen LogP contribution >= 0.6 is 15.9 Å². The number of pyridine rings is 1. The van der Waals surface area contributed by atoms with Gasteiger partial charge in [0.1, 0.15) is 0 Å². The Kier molecular flexibility index (Phi) is 5.71. The summed E-state index contributed by atoms with van der Waals surface area (Å²) in [5.41, 5.74) is 3.01. The summed E-state index contributed by atoms with van der Waals surface area (Å²) in [5, 5.41) is 0. The normalized spacial score (nSPS) is 13.6. The van der Waals surface area contributed by atoms with Crippen LogP contribution < -0.4 is 9.80 Å². The molecule has 1 aliphatic heterocycles. The van der Waals surface area contributed by atoms with E-state index < -0.39 is 0 Å². The quantitative estimate of drug-likeness (QED) is 0.560. The predicted molar refractivity (Wildman–Crippen MR) is 117 cm³/mol. The number of halogens is 1. The summed E-state index contributed by atoms with van der Waals surface area (Å²) in [6.07, 6.45) is 3.18. The van der Waals surface area contributed by atoms with Gasteiger partial charge in [0.2, 0.25) is 5.91 Å². The van der Waals surface area contributed by atoms with Crippen molar-refractivity contribution >= 4 is 39.1 Å². The average molecular weight is 450 g/mol. The molecule has 0 bridgehead atoms. The molecule has 0 unspecified atom stereocenters. The Morgan fingerprint density at radius 1 is 1.03 bits per heavy atom. The summed E-state index contributed by atoms with van der Waals surface area (Å²) in [4.78, 5) is 33.1. The first-order valence-electron chi connectivity index (χ1n) is 9.49. The van der Waals surface area contributed by atoms with Crippen molar-refractivity contribution in [1.29, 1.82) is 0 Å². The van der Waals surface area contributed by atoms with E-state index in [-0.39, 0.29) is 11.8 Å². The van der Waals surface area contributed by atoms with Crippen LogP contribution in [-0.2, 0) is 11.3 Å². The number of anilines is 2. The second-order valence-corrected chi connectivity index (χ2v) is 7.80. The Balaban J connectivity index is 1.62. The van der Waals surface area contributed by atoms with Crippen molar-refractivity contribution in [2.75, 3.05) is 16.3 Å². The summed E-state index contributed by atoms with van der Waals surface area (Å²) in [6, 6.07) is 20.6. The summed E-state index contributed by atoms with van der Waals surface area (Å²) >= 11 is 3.44. The predicted octanol–water partition coefficient (Wildman–Crippen LogP) is 4.82. The van der Waals surface area contributed by atoms with Crippen molar-refractivity contribution in [1.82, 2.24) is 4.98 Å². The van der Waals surface area contributed by atoms with Crippen molar-refractivity contribution in [2.24, 2.45) is 0 Å². The maximum atomic E-state index is 13.3. The van der Waals surface area contributed by atoms with E-state index in [4.69, 9.17) is 0 Å². The maximum absolute atomic E-state index is 13.3. The number of nitrogens with zero attached hydrogens (tertiary/aromatic N) is 3. The first-order chi connectivity index (χ1) is 14.1. The van der Waals surface area contributed by atoms with Crippen molar-refractivity contribution in [3.8, 4) is 0 Å². The standard InChI is InChI=1S/C23H20BrN3O2/c24-18-8-12-21(13-9-18)27(16-19-4-1-2-14-25-19)23(29)17-6-10-20(11-7-17)26-15-3-5-22(26)28/h1-2,4,6-14H,3,5,15-16H2. The molecule has 5 nitrogen and oxygen atoms in total. The molecule has 0 radical (unpaired) electrons. The minimum absolute atomic E-state index is 0.114. The largest absolute Gasteiger partial charge is 0.312 e. The minimum Gasteiger partial charge on any atom is -0.312 e. The molecule has 3 aromatic rings. The molecule has 1 saturated heterocycles. The lowest BCUT2D eigenvalue weighted by atomic mass is 10.1. The van der Waals surface area contributed by atoms with E-state index in [2.05, 4.69) is 20.9 Å². The summed E-state index contributed by atoms with van der Waals surface area (Å²) in [6.45, 7) is 1.10. The van der Waals surface area contributed by atoms with Crippen molar-refractivity contribution in [3.05, 3.63) is 88.7 Å². The van der Waals surface area contributed by atoms with Gasteiger partial charge in [-0.3, -0.25) is 14.6 Å². The monoisotopic (exact) mass is 449 g/mol. The van der Waals surface area contributed by atoms with Crippen LogP contribution in [-0.4, -0.2) is 23.3 Å². The molecule has 0 N–H and O–H groups in total. The molecule has 146 valence electrons. The number of carbonyl (C=O) groups excluding carboxylic acids is 2. The molecule has 0 atom stereocenters. The molecule has 1 fully saturated rings. The molecule has 6 heteroatoms. The Bertz CT molecular complexity index is 1000. The molecule has 0 spiro atoms. The highest BCUT2D eigenvalue weighted by molar-refractivity contribution is 9.10. The smallest absolute Gasteiger partial charge is 0.258 e. The van der Waals surface area contributed by atoms with Crippen LogP contribution in [0.5, 0.6) is 0 Å². The van der Waals surface area contributed by atoms with E-state index in [0.717, 1.165) is 34.5 Å². The van der Waals surface area contributed by atoms with E-state index in [1.54, 1.807) is 28.1 Å². The van der Waals surface area contributed by atoms with Gasteiger partial charge >= 0.3 is 0 Å². The van der Waals surface area contributed by atoms with Crippen LogP contribution in [0.25, 0.3) is 0 Å². The molecule has 4 rings (SSSR count). The number of hydrogen-bond donors (Lipinski definition) is 0. The van der Waals surface area contributed by atoms with Crippen LogP contribution in [0.3, 0.4) is 0 Å². The van der Waals surface area contributed by atoms with Crippen molar-refractivity contribution < 1.29 is 9.59 Å². The Morgan fingerprint density at radius 3 is 2.41 bits per heavy atom. The highest BCUT2D eigenvalue weighted by Crippen LogP contribution is 2.25. The van der Waals surface area contributed by atoms with E-state index in [1.165, 1.54) is 0 Å². The van der Waals surface area contributed by atoms with Crippen molar-refractivity contribution in [3.63, 3.8) is 0 Å². The average Bonchev–Trinajstić information content (AvgIpc) is 3.19. The molecular weight excluding hydrogens is 430 g/mol. The van der Waals surface area contributed by atoms with Crippen LogP contribution in [0.15, 0.2) is 77.4 Å². The van der Waals surface area contributed by atoms with Gasteiger partial charge in [0.05, 0.1) is 12.2 Å². The summed E-state index contributed by atoms with van der Waals surface area (Å²) < 4.78 is 0.950. The molecule has 1 aromatic heterocycles. The lowest BCUT2D eigenvalue weighted by molar-refractivity contribution is -0.117. The van der Waals surface area contributed by atoms with Crippen molar-refractivity contribution in [2.45, 2.75) is 19.4 Å². The number of hydrogen-bond acceptors (Lipinski definition) is 3. The molecule has 2 amide bonds. The van der Waals surface area contributed by atoms with Crippen LogP contribution in [0.2, 0.25) is 0 Å². The van der Waals surface area contributed by atoms with Gasteiger partial charge < -0.3 is 9.80 Å². The Labute approximate surface area is 178 Å². The van der Waals surface area contributed by atoms with Crippen LogP contribution in [0.1, 0.15) is 28.9 Å². The molecule has 0 saturated carbocycles. The zero-order valence-electron chi connectivity index (χ0n) is 15.8. The van der Waals surface area contributed by atoms with Crippen LogP contribution in [0, 0.1) is 0 Å². The van der Waals surface area contributed by atoms with E-state index in [0.29, 0.717) is 18.5 Å². The van der Waals surface area contributed by atoms with Gasteiger partial charge in [-0.2, -0.15) is 0 Å². The third-order valence-corrected chi connectivity index (χ3v) is 5.46.